The average Bonchev–Trinajstić information content (AvgIpc) is 2.42. The van der Waals surface area contributed by atoms with Crippen LogP contribution in [0.2, 0.25) is 0 Å². The predicted molar refractivity (Wildman–Crippen MR) is 83.2 cm³/mol. The van der Waals surface area contributed by atoms with Crippen LogP contribution in [-0.2, 0) is 13.1 Å². The molecule has 0 aliphatic rings. The van der Waals surface area contributed by atoms with Crippen molar-refractivity contribution in [3.63, 3.8) is 0 Å². The zero-order valence-corrected chi connectivity index (χ0v) is 12.8. The second-order valence-corrected chi connectivity index (χ2v) is 5.34. The second kappa shape index (κ2) is 6.68. The minimum atomic E-state index is 0.845. The van der Waals surface area contributed by atoms with Crippen molar-refractivity contribution in [2.75, 3.05) is 19.0 Å². The summed E-state index contributed by atoms with van der Waals surface area (Å²) in [5.74, 6) is 0. The lowest BCUT2D eigenvalue weighted by Gasteiger charge is -2.22. The standard InChI is InChI=1S/C15H18BrN3/c1-17-9-12-7-8-18-10-15(12)19(2)11-13-5-3-4-6-14(13)16/h3-8,10,17H,9,11H2,1-2H3. The van der Waals surface area contributed by atoms with Crippen molar-refractivity contribution < 1.29 is 0 Å². The maximum atomic E-state index is 4.23. The maximum Gasteiger partial charge on any atom is 0.0598 e. The Labute approximate surface area is 122 Å². The van der Waals surface area contributed by atoms with Crippen molar-refractivity contribution in [3.05, 3.63) is 58.3 Å². The van der Waals surface area contributed by atoms with Crippen molar-refractivity contribution in [2.45, 2.75) is 13.1 Å². The van der Waals surface area contributed by atoms with Gasteiger partial charge < -0.3 is 10.2 Å². The molecule has 4 heteroatoms. The molecule has 1 aromatic heterocycles. The highest BCUT2D eigenvalue weighted by molar-refractivity contribution is 9.10. The Bertz CT molecular complexity index is 542. The van der Waals surface area contributed by atoms with Crippen LogP contribution in [0.25, 0.3) is 0 Å². The second-order valence-electron chi connectivity index (χ2n) is 4.48. The summed E-state index contributed by atoms with van der Waals surface area (Å²) in [6.07, 6.45) is 3.76. The number of aromatic nitrogens is 1. The normalized spacial score (nSPS) is 10.5. The van der Waals surface area contributed by atoms with E-state index in [-0.39, 0.29) is 0 Å². The number of pyridine rings is 1. The predicted octanol–water partition coefficient (Wildman–Crippen LogP) is 3.20. The minimum Gasteiger partial charge on any atom is -0.369 e. The molecule has 0 radical (unpaired) electrons. The molecule has 0 amide bonds. The molecule has 3 nitrogen and oxygen atoms in total. The summed E-state index contributed by atoms with van der Waals surface area (Å²) in [4.78, 5) is 6.45. The number of halogens is 1. The van der Waals surface area contributed by atoms with Gasteiger partial charge in [-0.25, -0.2) is 0 Å². The molecule has 0 unspecified atom stereocenters. The van der Waals surface area contributed by atoms with Crippen molar-refractivity contribution in [3.8, 4) is 0 Å². The van der Waals surface area contributed by atoms with E-state index in [1.807, 2.05) is 25.5 Å². The van der Waals surface area contributed by atoms with E-state index >= 15 is 0 Å². The molecular formula is C15H18BrN3. The fourth-order valence-electron chi connectivity index (χ4n) is 2.07. The molecule has 0 aliphatic heterocycles. The molecule has 0 atom stereocenters. The molecular weight excluding hydrogens is 302 g/mol. The van der Waals surface area contributed by atoms with Crippen LogP contribution in [0, 0.1) is 0 Å². The Morgan fingerprint density at radius 1 is 1.21 bits per heavy atom. The zero-order valence-electron chi connectivity index (χ0n) is 11.2. The Hall–Kier alpha value is -1.39. The summed E-state index contributed by atoms with van der Waals surface area (Å²) in [7, 11) is 4.05. The van der Waals surface area contributed by atoms with Crippen molar-refractivity contribution >= 4 is 21.6 Å². The van der Waals surface area contributed by atoms with Crippen LogP contribution in [0.5, 0.6) is 0 Å². The van der Waals surface area contributed by atoms with Crippen LogP contribution >= 0.6 is 15.9 Å². The molecule has 19 heavy (non-hydrogen) atoms. The number of hydrogen-bond donors (Lipinski definition) is 1. The summed E-state index contributed by atoms with van der Waals surface area (Å²) in [6, 6.07) is 10.4. The van der Waals surface area contributed by atoms with Crippen molar-refractivity contribution in [1.82, 2.24) is 10.3 Å². The summed E-state index contributed by atoms with van der Waals surface area (Å²) in [5, 5.41) is 3.19. The van der Waals surface area contributed by atoms with E-state index in [9.17, 15) is 0 Å². The van der Waals surface area contributed by atoms with E-state index in [0.29, 0.717) is 0 Å². The SMILES string of the molecule is CNCc1ccncc1N(C)Cc1ccccc1Br. The van der Waals surface area contributed by atoms with E-state index in [1.165, 1.54) is 11.1 Å². The molecule has 1 aromatic carbocycles. The van der Waals surface area contributed by atoms with Gasteiger partial charge in [-0.1, -0.05) is 34.1 Å². The highest BCUT2D eigenvalue weighted by atomic mass is 79.9. The van der Waals surface area contributed by atoms with Gasteiger partial charge in [0.1, 0.15) is 0 Å². The van der Waals surface area contributed by atoms with E-state index in [1.54, 1.807) is 0 Å². The van der Waals surface area contributed by atoms with E-state index in [4.69, 9.17) is 0 Å². The summed E-state index contributed by atoms with van der Waals surface area (Å²) >= 11 is 3.59. The lowest BCUT2D eigenvalue weighted by Crippen LogP contribution is -2.20. The Morgan fingerprint density at radius 2 is 2.00 bits per heavy atom. The smallest absolute Gasteiger partial charge is 0.0598 e. The van der Waals surface area contributed by atoms with Gasteiger partial charge in [0.15, 0.2) is 0 Å². The Balaban J connectivity index is 2.20. The molecule has 2 aromatic rings. The monoisotopic (exact) mass is 319 g/mol. The Kier molecular flexibility index (Phi) is 4.93. The van der Waals surface area contributed by atoms with Gasteiger partial charge in [-0.05, 0) is 30.3 Å². The van der Waals surface area contributed by atoms with Crippen LogP contribution in [0.3, 0.4) is 0 Å². The van der Waals surface area contributed by atoms with Crippen LogP contribution in [0.15, 0.2) is 47.2 Å². The number of benzene rings is 1. The van der Waals surface area contributed by atoms with Crippen LogP contribution in [0.1, 0.15) is 11.1 Å². The first-order valence-corrected chi connectivity index (χ1v) is 7.03. The summed E-state index contributed by atoms with van der Waals surface area (Å²) in [6.45, 7) is 1.70. The number of rotatable bonds is 5. The van der Waals surface area contributed by atoms with Gasteiger partial charge in [0.05, 0.1) is 11.9 Å². The summed E-state index contributed by atoms with van der Waals surface area (Å²) < 4.78 is 1.14. The van der Waals surface area contributed by atoms with Gasteiger partial charge in [-0.15, -0.1) is 0 Å². The van der Waals surface area contributed by atoms with E-state index in [2.05, 4.69) is 62.4 Å². The fourth-order valence-corrected chi connectivity index (χ4v) is 2.48. The van der Waals surface area contributed by atoms with Crippen molar-refractivity contribution in [2.24, 2.45) is 0 Å². The topological polar surface area (TPSA) is 28.2 Å². The quantitative estimate of drug-likeness (QED) is 0.917. The summed E-state index contributed by atoms with van der Waals surface area (Å²) in [5.41, 5.74) is 3.68. The van der Waals surface area contributed by atoms with Gasteiger partial charge in [0, 0.05) is 30.8 Å². The molecule has 1 N–H and O–H groups in total. The first-order chi connectivity index (χ1) is 9.22. The average molecular weight is 320 g/mol. The number of nitrogens with one attached hydrogen (secondary N) is 1. The first-order valence-electron chi connectivity index (χ1n) is 6.24. The van der Waals surface area contributed by atoms with Crippen LogP contribution in [-0.4, -0.2) is 19.1 Å². The van der Waals surface area contributed by atoms with Gasteiger partial charge >= 0.3 is 0 Å². The zero-order chi connectivity index (χ0) is 13.7. The molecule has 0 bridgehead atoms. The van der Waals surface area contributed by atoms with Gasteiger partial charge in [-0.3, -0.25) is 4.98 Å². The van der Waals surface area contributed by atoms with Gasteiger partial charge in [0.25, 0.3) is 0 Å². The molecule has 0 saturated carbocycles. The first kappa shape index (κ1) is 14.0. The lowest BCUT2D eigenvalue weighted by atomic mass is 10.1. The number of anilines is 1. The largest absolute Gasteiger partial charge is 0.369 e. The highest BCUT2D eigenvalue weighted by Crippen LogP contribution is 2.23. The van der Waals surface area contributed by atoms with Gasteiger partial charge in [0.2, 0.25) is 0 Å². The molecule has 0 saturated heterocycles. The fraction of sp³-hybridized carbons (Fsp3) is 0.267. The molecule has 0 spiro atoms. The number of hydrogen-bond acceptors (Lipinski definition) is 3. The Morgan fingerprint density at radius 3 is 2.74 bits per heavy atom. The minimum absolute atomic E-state index is 0.845. The van der Waals surface area contributed by atoms with E-state index < -0.39 is 0 Å². The third-order valence-corrected chi connectivity index (χ3v) is 3.81. The maximum absolute atomic E-state index is 4.23. The van der Waals surface area contributed by atoms with Crippen molar-refractivity contribution in [1.29, 1.82) is 0 Å². The molecule has 0 fully saturated rings. The third-order valence-electron chi connectivity index (χ3n) is 3.03. The van der Waals surface area contributed by atoms with Gasteiger partial charge in [-0.2, -0.15) is 0 Å². The number of nitrogens with zero attached hydrogens (tertiary/aromatic N) is 2. The molecule has 1 heterocycles. The van der Waals surface area contributed by atoms with E-state index in [0.717, 1.165) is 23.2 Å². The third kappa shape index (κ3) is 3.55. The van der Waals surface area contributed by atoms with Crippen LogP contribution < -0.4 is 10.2 Å². The highest BCUT2D eigenvalue weighted by Gasteiger charge is 2.09. The molecule has 100 valence electrons. The lowest BCUT2D eigenvalue weighted by molar-refractivity contribution is 0.802. The molecule has 2 rings (SSSR count). The molecule has 0 aliphatic carbocycles. The van der Waals surface area contributed by atoms with Crippen LogP contribution in [0.4, 0.5) is 5.69 Å².